The van der Waals surface area contributed by atoms with E-state index in [9.17, 15) is 0 Å². The maximum atomic E-state index is 5.76. The third-order valence-corrected chi connectivity index (χ3v) is 2.93. The van der Waals surface area contributed by atoms with E-state index in [0.717, 1.165) is 18.2 Å². The van der Waals surface area contributed by atoms with Gasteiger partial charge in [-0.2, -0.15) is 0 Å². The summed E-state index contributed by atoms with van der Waals surface area (Å²) in [5.41, 5.74) is 6.70. The van der Waals surface area contributed by atoms with Crippen molar-refractivity contribution in [2.45, 2.75) is 25.8 Å². The Bertz CT molecular complexity index is 349. The first-order chi connectivity index (χ1) is 7.84. The SMILES string of the molecule is I.NC(=NCc1ccccn1)NCC1CCC1. The smallest absolute Gasteiger partial charge is 0.188 e. The van der Waals surface area contributed by atoms with Crippen LogP contribution in [-0.2, 0) is 6.54 Å². The Balaban J connectivity index is 0.00000144. The summed E-state index contributed by atoms with van der Waals surface area (Å²) in [6.45, 7) is 1.50. The van der Waals surface area contributed by atoms with Crippen molar-refractivity contribution in [3.8, 4) is 0 Å². The van der Waals surface area contributed by atoms with Crippen molar-refractivity contribution in [2.75, 3.05) is 6.54 Å². The van der Waals surface area contributed by atoms with Gasteiger partial charge in [-0.3, -0.25) is 4.98 Å². The van der Waals surface area contributed by atoms with Crippen LogP contribution in [0.3, 0.4) is 0 Å². The molecule has 0 aromatic carbocycles. The number of pyridine rings is 1. The van der Waals surface area contributed by atoms with E-state index >= 15 is 0 Å². The van der Waals surface area contributed by atoms with Crippen LogP contribution in [0.2, 0.25) is 0 Å². The average Bonchev–Trinajstić information content (AvgIpc) is 2.26. The third-order valence-electron chi connectivity index (χ3n) is 2.93. The molecule has 0 bridgehead atoms. The van der Waals surface area contributed by atoms with Crippen LogP contribution in [0.15, 0.2) is 29.4 Å². The molecule has 0 aliphatic heterocycles. The van der Waals surface area contributed by atoms with Gasteiger partial charge in [0, 0.05) is 12.7 Å². The van der Waals surface area contributed by atoms with Gasteiger partial charge in [0.2, 0.25) is 0 Å². The molecule has 0 amide bonds. The van der Waals surface area contributed by atoms with Crippen molar-refractivity contribution in [1.82, 2.24) is 10.3 Å². The number of halogens is 1. The zero-order chi connectivity index (χ0) is 11.2. The molecule has 3 N–H and O–H groups in total. The van der Waals surface area contributed by atoms with Gasteiger partial charge in [-0.05, 0) is 30.9 Å². The Hall–Kier alpha value is -0.850. The van der Waals surface area contributed by atoms with Gasteiger partial charge in [-0.25, -0.2) is 4.99 Å². The van der Waals surface area contributed by atoms with Gasteiger partial charge in [0.25, 0.3) is 0 Å². The topological polar surface area (TPSA) is 63.3 Å². The number of hydrogen-bond acceptors (Lipinski definition) is 2. The van der Waals surface area contributed by atoms with E-state index in [1.807, 2.05) is 18.2 Å². The van der Waals surface area contributed by atoms with Gasteiger partial charge in [0.1, 0.15) is 0 Å². The Kier molecular flexibility index (Phi) is 6.25. The fourth-order valence-electron chi connectivity index (χ4n) is 1.66. The quantitative estimate of drug-likeness (QED) is 0.497. The van der Waals surface area contributed by atoms with E-state index in [1.165, 1.54) is 19.3 Å². The molecule has 1 fully saturated rings. The van der Waals surface area contributed by atoms with Crippen LogP contribution in [0.5, 0.6) is 0 Å². The van der Waals surface area contributed by atoms with Crippen molar-refractivity contribution in [1.29, 1.82) is 0 Å². The minimum absolute atomic E-state index is 0. The maximum Gasteiger partial charge on any atom is 0.188 e. The number of aromatic nitrogens is 1. The van der Waals surface area contributed by atoms with Gasteiger partial charge >= 0.3 is 0 Å². The lowest BCUT2D eigenvalue weighted by Crippen LogP contribution is -2.37. The normalized spacial score (nSPS) is 15.9. The molecule has 1 saturated carbocycles. The molecule has 1 aliphatic carbocycles. The van der Waals surface area contributed by atoms with Crippen LogP contribution < -0.4 is 11.1 Å². The zero-order valence-corrected chi connectivity index (χ0v) is 12.1. The first-order valence-corrected chi connectivity index (χ1v) is 5.78. The van der Waals surface area contributed by atoms with Crippen LogP contribution >= 0.6 is 24.0 Å². The molecule has 5 heteroatoms. The number of nitrogens with zero attached hydrogens (tertiary/aromatic N) is 2. The summed E-state index contributed by atoms with van der Waals surface area (Å²) in [5.74, 6) is 1.32. The van der Waals surface area contributed by atoms with E-state index in [4.69, 9.17) is 5.73 Å². The van der Waals surface area contributed by atoms with Gasteiger partial charge in [0.05, 0.1) is 12.2 Å². The van der Waals surface area contributed by atoms with Crippen LogP contribution in [-0.4, -0.2) is 17.5 Å². The molecular formula is C12H19IN4. The van der Waals surface area contributed by atoms with Gasteiger partial charge in [-0.1, -0.05) is 12.5 Å². The van der Waals surface area contributed by atoms with Crippen molar-refractivity contribution in [3.05, 3.63) is 30.1 Å². The summed E-state index contributed by atoms with van der Waals surface area (Å²) in [4.78, 5) is 8.43. The van der Waals surface area contributed by atoms with Crippen LogP contribution in [0.1, 0.15) is 25.0 Å². The number of guanidine groups is 1. The van der Waals surface area contributed by atoms with E-state index in [-0.39, 0.29) is 24.0 Å². The second-order valence-electron chi connectivity index (χ2n) is 4.20. The summed E-state index contributed by atoms with van der Waals surface area (Å²) in [6, 6.07) is 5.80. The molecule has 0 unspecified atom stereocenters. The summed E-state index contributed by atoms with van der Waals surface area (Å²) >= 11 is 0. The third kappa shape index (κ3) is 4.89. The number of hydrogen-bond donors (Lipinski definition) is 2. The van der Waals surface area contributed by atoms with Gasteiger partial charge in [-0.15, -0.1) is 24.0 Å². The highest BCUT2D eigenvalue weighted by Gasteiger charge is 2.16. The highest BCUT2D eigenvalue weighted by atomic mass is 127. The molecular weight excluding hydrogens is 327 g/mol. The molecule has 0 spiro atoms. The Labute approximate surface area is 119 Å². The first-order valence-electron chi connectivity index (χ1n) is 5.78. The lowest BCUT2D eigenvalue weighted by atomic mass is 9.85. The Morgan fingerprint density at radius 1 is 1.47 bits per heavy atom. The highest BCUT2D eigenvalue weighted by molar-refractivity contribution is 14.0. The van der Waals surface area contributed by atoms with Gasteiger partial charge < -0.3 is 11.1 Å². The molecule has 94 valence electrons. The molecule has 1 aliphatic rings. The highest BCUT2D eigenvalue weighted by Crippen LogP contribution is 2.24. The minimum Gasteiger partial charge on any atom is -0.370 e. The maximum absolute atomic E-state index is 5.76. The molecule has 1 aromatic rings. The molecule has 0 atom stereocenters. The molecule has 4 nitrogen and oxygen atoms in total. The second-order valence-corrected chi connectivity index (χ2v) is 4.20. The second kappa shape index (κ2) is 7.47. The Morgan fingerprint density at radius 3 is 2.88 bits per heavy atom. The Morgan fingerprint density at radius 2 is 2.29 bits per heavy atom. The molecule has 1 heterocycles. The fraction of sp³-hybridized carbons (Fsp3) is 0.500. The fourth-order valence-corrected chi connectivity index (χ4v) is 1.66. The summed E-state index contributed by atoms with van der Waals surface area (Å²) in [6.07, 6.45) is 5.77. The number of rotatable bonds is 4. The van der Waals surface area contributed by atoms with Crippen LogP contribution in [0, 0.1) is 5.92 Å². The van der Waals surface area contributed by atoms with Crippen molar-refractivity contribution >= 4 is 29.9 Å². The zero-order valence-electron chi connectivity index (χ0n) is 9.80. The van der Waals surface area contributed by atoms with Crippen molar-refractivity contribution in [2.24, 2.45) is 16.6 Å². The summed E-state index contributed by atoms with van der Waals surface area (Å²) < 4.78 is 0. The summed E-state index contributed by atoms with van der Waals surface area (Å²) in [5, 5.41) is 3.15. The van der Waals surface area contributed by atoms with Crippen LogP contribution in [0.25, 0.3) is 0 Å². The number of aliphatic imine (C=N–C) groups is 1. The van der Waals surface area contributed by atoms with E-state index in [0.29, 0.717) is 12.5 Å². The van der Waals surface area contributed by atoms with E-state index in [2.05, 4.69) is 15.3 Å². The standard InChI is InChI=1S/C12H18N4.HI/c13-12(15-8-10-4-3-5-10)16-9-11-6-1-2-7-14-11;/h1-2,6-7,10H,3-5,8-9H2,(H3,13,15,16);1H. The number of nitrogens with two attached hydrogens (primary N) is 1. The molecule has 2 rings (SSSR count). The molecule has 1 aromatic heterocycles. The molecule has 17 heavy (non-hydrogen) atoms. The van der Waals surface area contributed by atoms with E-state index < -0.39 is 0 Å². The largest absolute Gasteiger partial charge is 0.370 e. The summed E-state index contributed by atoms with van der Waals surface area (Å²) in [7, 11) is 0. The van der Waals surface area contributed by atoms with Crippen LogP contribution in [0.4, 0.5) is 0 Å². The number of nitrogens with one attached hydrogen (secondary N) is 1. The average molecular weight is 346 g/mol. The predicted octanol–water partition coefficient (Wildman–Crippen LogP) is 1.90. The van der Waals surface area contributed by atoms with Gasteiger partial charge in [0.15, 0.2) is 5.96 Å². The van der Waals surface area contributed by atoms with Crippen molar-refractivity contribution in [3.63, 3.8) is 0 Å². The minimum atomic E-state index is 0. The first kappa shape index (κ1) is 14.2. The predicted molar refractivity (Wildman–Crippen MR) is 80.3 cm³/mol. The molecule has 0 saturated heterocycles. The lowest BCUT2D eigenvalue weighted by Gasteiger charge is -2.25. The monoisotopic (exact) mass is 346 g/mol. The lowest BCUT2D eigenvalue weighted by molar-refractivity contribution is 0.315. The van der Waals surface area contributed by atoms with Crippen molar-refractivity contribution < 1.29 is 0 Å². The molecule has 0 radical (unpaired) electrons. The van der Waals surface area contributed by atoms with E-state index in [1.54, 1.807) is 6.20 Å².